The Hall–Kier alpha value is -1.17. The number of morpholine rings is 1. The van der Waals surface area contributed by atoms with Crippen LogP contribution in [0, 0.1) is 6.67 Å². The van der Waals surface area contributed by atoms with E-state index in [1.165, 1.54) is 28.3 Å². The van der Waals surface area contributed by atoms with Crippen LogP contribution in [0.1, 0.15) is 50.7 Å². The fourth-order valence-corrected chi connectivity index (χ4v) is 4.04. The van der Waals surface area contributed by atoms with Gasteiger partial charge in [-0.1, -0.05) is 52.0 Å². The van der Waals surface area contributed by atoms with Crippen LogP contribution in [-0.2, 0) is 24.7 Å². The molecule has 1 saturated heterocycles. The van der Waals surface area contributed by atoms with Crippen molar-refractivity contribution >= 4 is 14.9 Å². The predicted octanol–water partition coefficient (Wildman–Crippen LogP) is 5.45. The Morgan fingerprint density at radius 3 is 2.24 bits per heavy atom. The Morgan fingerprint density at radius 2 is 1.66 bits per heavy atom. The summed E-state index contributed by atoms with van der Waals surface area (Å²) >= 11 is 1.75. The van der Waals surface area contributed by atoms with Crippen LogP contribution in [-0.4, -0.2) is 36.1 Å². The molecule has 4 rings (SSSR count). The molecule has 0 saturated carbocycles. The first kappa shape index (κ1) is 22.5. The normalized spacial score (nSPS) is 18.6. The Balaban J connectivity index is 0.00000117. The third-order valence-electron chi connectivity index (χ3n) is 5.48. The first-order valence-corrected chi connectivity index (χ1v) is 12.8. The average Bonchev–Trinajstić information content (AvgIpc) is 3.19. The van der Waals surface area contributed by atoms with Gasteiger partial charge in [0.2, 0.25) is 0 Å². The van der Waals surface area contributed by atoms with Gasteiger partial charge >= 0.3 is 29.2 Å². The number of hydrogen-bond donors (Lipinski definition) is 0. The predicted molar refractivity (Wildman–Crippen MR) is 117 cm³/mol. The van der Waals surface area contributed by atoms with Crippen LogP contribution < -0.4 is 4.90 Å². The maximum absolute atomic E-state index is 5.54. The van der Waals surface area contributed by atoms with E-state index in [0.717, 1.165) is 26.3 Å². The molecule has 0 unspecified atom stereocenters. The first-order valence-electron chi connectivity index (χ1n) is 10.2. The number of para-hydroxylation sites is 1. The molecular formula is C23H30AuClN3O-. The maximum atomic E-state index is 5.54. The van der Waals surface area contributed by atoms with Gasteiger partial charge in [0.25, 0.3) is 0 Å². The zero-order valence-electron chi connectivity index (χ0n) is 17.5. The Bertz CT molecular complexity index is 771. The number of fused-ring (bicyclic) bond motifs is 1. The van der Waals surface area contributed by atoms with E-state index >= 15 is 0 Å². The second kappa shape index (κ2) is 10.2. The van der Waals surface area contributed by atoms with Crippen molar-refractivity contribution in [1.82, 2.24) is 9.80 Å². The first-order chi connectivity index (χ1) is 14.1. The molecule has 0 spiro atoms. The Kier molecular flexibility index (Phi) is 7.94. The van der Waals surface area contributed by atoms with Crippen molar-refractivity contribution in [1.29, 1.82) is 0 Å². The van der Waals surface area contributed by atoms with Gasteiger partial charge < -0.3 is 19.4 Å². The van der Waals surface area contributed by atoms with Crippen LogP contribution >= 0.6 is 9.19 Å². The van der Waals surface area contributed by atoms with Crippen molar-refractivity contribution in [2.45, 2.75) is 39.5 Å². The van der Waals surface area contributed by atoms with Crippen molar-refractivity contribution in [2.24, 2.45) is 0 Å². The third kappa shape index (κ3) is 4.78. The molecule has 0 atom stereocenters. The molecule has 0 bridgehead atoms. The van der Waals surface area contributed by atoms with Gasteiger partial charge in [-0.3, -0.25) is 0 Å². The van der Waals surface area contributed by atoms with Gasteiger partial charge in [-0.05, 0) is 41.3 Å². The van der Waals surface area contributed by atoms with Crippen molar-refractivity contribution in [3.63, 3.8) is 0 Å². The summed E-state index contributed by atoms with van der Waals surface area (Å²) in [6, 6.07) is 6.73. The summed E-state index contributed by atoms with van der Waals surface area (Å²) in [5.74, 6) is 2.20. The molecule has 3 aliphatic heterocycles. The van der Waals surface area contributed by atoms with Crippen molar-refractivity contribution in [3.8, 4) is 0 Å². The number of anilines is 1. The van der Waals surface area contributed by atoms with Crippen LogP contribution in [0.3, 0.4) is 0 Å². The second-order valence-electron chi connectivity index (χ2n) is 8.02. The van der Waals surface area contributed by atoms with E-state index in [1.54, 1.807) is 20.0 Å². The van der Waals surface area contributed by atoms with E-state index in [4.69, 9.17) is 4.74 Å². The molecule has 3 aliphatic rings. The molecule has 0 aliphatic carbocycles. The molecule has 0 amide bonds. The number of allylic oxidation sites excluding steroid dienone is 3. The molecule has 1 aromatic rings. The van der Waals surface area contributed by atoms with Crippen LogP contribution in [0.2, 0.25) is 0 Å². The third-order valence-corrected chi connectivity index (χ3v) is 5.48. The summed E-state index contributed by atoms with van der Waals surface area (Å²) in [7, 11) is 4.58. The number of benzene rings is 1. The van der Waals surface area contributed by atoms with Gasteiger partial charge in [-0.15, -0.1) is 6.67 Å². The summed E-state index contributed by atoms with van der Waals surface area (Å²) in [5, 5.41) is 0. The van der Waals surface area contributed by atoms with Crippen molar-refractivity contribution < 1.29 is 24.7 Å². The standard InChI is InChI=1S/C23H30N3O.Au.ClH/c1-17(2)20-8-6-9-21(18(3)4)23(20)25-15-19-7-5-10-22(26(19)16-25)24-11-13-27-14-12-24;;/h5-10,15-18H,11-14H2,1-4H3;;1H/q-1;+1;/p-1. The van der Waals surface area contributed by atoms with Gasteiger partial charge in [-0.2, -0.15) is 0 Å². The molecule has 1 aromatic carbocycles. The fourth-order valence-electron chi connectivity index (χ4n) is 4.04. The average molecular weight is 597 g/mol. The summed E-state index contributed by atoms with van der Waals surface area (Å²) in [6.45, 7) is 14.8. The molecule has 0 aromatic heterocycles. The van der Waals surface area contributed by atoms with Gasteiger partial charge in [-0.25, -0.2) is 0 Å². The summed E-state index contributed by atoms with van der Waals surface area (Å²) < 4.78 is 5.54. The molecule has 3 heterocycles. The van der Waals surface area contributed by atoms with Crippen molar-refractivity contribution in [3.05, 3.63) is 71.9 Å². The molecule has 0 N–H and O–H groups in total. The van der Waals surface area contributed by atoms with Gasteiger partial charge in [0, 0.05) is 24.5 Å². The van der Waals surface area contributed by atoms with Gasteiger partial charge in [0.05, 0.1) is 19.0 Å². The fraction of sp³-hybridized carbons (Fsp3) is 0.435. The second-order valence-corrected chi connectivity index (χ2v) is 8.02. The zero-order chi connectivity index (χ0) is 21.0. The molecule has 4 nitrogen and oxygen atoms in total. The molecule has 162 valence electrons. The number of ether oxygens (including phenoxy) is 1. The molecule has 29 heavy (non-hydrogen) atoms. The Labute approximate surface area is 191 Å². The quantitative estimate of drug-likeness (QED) is 0.340. The minimum absolute atomic E-state index is 0.480. The number of hydrogen-bond acceptors (Lipinski definition) is 4. The van der Waals surface area contributed by atoms with Crippen LogP contribution in [0.15, 0.2) is 54.1 Å². The van der Waals surface area contributed by atoms with Gasteiger partial charge in [0.15, 0.2) is 0 Å². The van der Waals surface area contributed by atoms with E-state index in [9.17, 15) is 0 Å². The summed E-state index contributed by atoms with van der Waals surface area (Å²) in [6.07, 6.45) is 8.81. The van der Waals surface area contributed by atoms with Gasteiger partial charge in [0.1, 0.15) is 0 Å². The van der Waals surface area contributed by atoms with E-state index in [-0.39, 0.29) is 0 Å². The molecular weight excluding hydrogens is 567 g/mol. The zero-order valence-corrected chi connectivity index (χ0v) is 20.5. The number of rotatable bonds is 4. The Morgan fingerprint density at radius 1 is 1.03 bits per heavy atom. The molecule has 1 fully saturated rings. The van der Waals surface area contributed by atoms with Crippen LogP contribution in [0.5, 0.6) is 0 Å². The number of nitrogens with zero attached hydrogens (tertiary/aromatic N) is 3. The topological polar surface area (TPSA) is 19.0 Å². The van der Waals surface area contributed by atoms with E-state index in [1.807, 2.05) is 0 Å². The minimum atomic E-state index is 0.480. The molecule has 0 radical (unpaired) electrons. The monoisotopic (exact) mass is 596 g/mol. The van der Waals surface area contributed by atoms with Crippen LogP contribution in [0.25, 0.3) is 0 Å². The summed E-state index contributed by atoms with van der Waals surface area (Å²) in [5.41, 5.74) is 5.34. The molecule has 6 heteroatoms. The van der Waals surface area contributed by atoms with Crippen LogP contribution in [0.4, 0.5) is 5.69 Å². The van der Waals surface area contributed by atoms with E-state index in [0.29, 0.717) is 11.8 Å². The van der Waals surface area contributed by atoms with E-state index in [2.05, 4.69) is 101 Å². The summed E-state index contributed by atoms with van der Waals surface area (Å²) in [4.78, 5) is 7.05. The number of halogens is 1. The SMILES string of the molecule is CC(C)c1cccc(C(C)C)c1N1C=C2C=CC=C(N3CCOCC3)N2[CH-]1.[Cl][Au]. The van der Waals surface area contributed by atoms with Crippen molar-refractivity contribution in [2.75, 3.05) is 31.2 Å². The van der Waals surface area contributed by atoms with E-state index < -0.39 is 0 Å².